The van der Waals surface area contributed by atoms with E-state index in [-0.39, 0.29) is 6.61 Å². The summed E-state index contributed by atoms with van der Waals surface area (Å²) in [6, 6.07) is 7.02. The van der Waals surface area contributed by atoms with E-state index in [4.69, 9.17) is 16.3 Å². The van der Waals surface area contributed by atoms with Gasteiger partial charge in [-0.05, 0) is 6.07 Å². The third-order valence-corrected chi connectivity index (χ3v) is 3.24. The maximum Gasteiger partial charge on any atom is 0.391 e. The summed E-state index contributed by atoms with van der Waals surface area (Å²) >= 11 is 8.03. The first kappa shape index (κ1) is 15.0. The topological polar surface area (TPSA) is 9.23 Å². The number of benzene rings is 1. The molecule has 0 N–H and O–H groups in total. The Bertz CT molecular complexity index is 357. The minimum absolute atomic E-state index is 0.345. The number of ether oxygens (including phenoxy) is 1. The predicted molar refractivity (Wildman–Crippen MR) is 69.7 cm³/mol. The number of hydrogen-bond donors (Lipinski definition) is 0. The van der Waals surface area contributed by atoms with E-state index in [2.05, 4.69) is 22.6 Å². The van der Waals surface area contributed by atoms with E-state index in [0.717, 1.165) is 5.56 Å². The van der Waals surface area contributed by atoms with Crippen LogP contribution in [0.15, 0.2) is 24.3 Å². The Morgan fingerprint density at radius 2 is 1.94 bits per heavy atom. The van der Waals surface area contributed by atoms with E-state index >= 15 is 0 Å². The Labute approximate surface area is 116 Å². The average Bonchev–Trinajstić information content (AvgIpc) is 2.24. The van der Waals surface area contributed by atoms with Crippen molar-refractivity contribution in [2.45, 2.75) is 18.7 Å². The largest absolute Gasteiger partial charge is 0.391 e. The molecule has 1 nitrogen and oxygen atoms in total. The molecule has 1 atom stereocenters. The molecule has 0 bridgehead atoms. The van der Waals surface area contributed by atoms with Crippen LogP contribution in [0, 0.1) is 0 Å². The van der Waals surface area contributed by atoms with Crippen molar-refractivity contribution in [1.82, 2.24) is 0 Å². The lowest BCUT2D eigenvalue weighted by atomic mass is 10.1. The molecular formula is C11H11ClF3IO. The summed E-state index contributed by atoms with van der Waals surface area (Å²) in [6.45, 7) is -0.345. The van der Waals surface area contributed by atoms with Gasteiger partial charge >= 0.3 is 6.18 Å². The molecule has 0 aliphatic carbocycles. The van der Waals surface area contributed by atoms with Crippen molar-refractivity contribution in [1.29, 1.82) is 0 Å². The number of rotatable bonds is 5. The zero-order chi connectivity index (χ0) is 12.9. The van der Waals surface area contributed by atoms with Gasteiger partial charge in [-0.15, -0.1) is 0 Å². The van der Waals surface area contributed by atoms with Gasteiger partial charge in [0.2, 0.25) is 0 Å². The minimum atomic E-state index is -4.18. The van der Waals surface area contributed by atoms with Gasteiger partial charge in [-0.25, -0.2) is 0 Å². The molecule has 1 unspecified atom stereocenters. The molecule has 96 valence electrons. The Morgan fingerprint density at radius 3 is 2.47 bits per heavy atom. The summed E-state index contributed by atoms with van der Waals surface area (Å²) in [7, 11) is 0. The fraction of sp³-hybridized carbons (Fsp3) is 0.455. The second-order valence-corrected chi connectivity index (χ2v) is 4.69. The van der Waals surface area contributed by atoms with E-state index in [9.17, 15) is 13.2 Å². The number of alkyl halides is 4. The van der Waals surface area contributed by atoms with Crippen LogP contribution in [0.3, 0.4) is 0 Å². The molecule has 0 saturated carbocycles. The Hall–Kier alpha value is -0.0100. The summed E-state index contributed by atoms with van der Waals surface area (Å²) in [6.07, 6.45) is -5.52. The third-order valence-electron chi connectivity index (χ3n) is 2.10. The molecule has 0 spiro atoms. The van der Waals surface area contributed by atoms with E-state index in [0.29, 0.717) is 9.45 Å². The molecule has 17 heavy (non-hydrogen) atoms. The van der Waals surface area contributed by atoms with E-state index < -0.39 is 18.7 Å². The van der Waals surface area contributed by atoms with Gasteiger partial charge in [0.25, 0.3) is 0 Å². The van der Waals surface area contributed by atoms with Gasteiger partial charge in [0.05, 0.1) is 19.1 Å². The molecule has 0 heterocycles. The molecule has 0 fully saturated rings. The second kappa shape index (κ2) is 6.80. The predicted octanol–water partition coefficient (Wildman–Crippen LogP) is 4.79. The maximum absolute atomic E-state index is 12.0. The molecule has 0 radical (unpaired) electrons. The Balaban J connectivity index is 2.58. The lowest BCUT2D eigenvalue weighted by Gasteiger charge is -2.17. The van der Waals surface area contributed by atoms with Crippen LogP contribution < -0.4 is 0 Å². The highest BCUT2D eigenvalue weighted by Crippen LogP contribution is 2.28. The van der Waals surface area contributed by atoms with Gasteiger partial charge < -0.3 is 4.74 Å². The maximum atomic E-state index is 12.0. The van der Waals surface area contributed by atoms with Crippen molar-refractivity contribution < 1.29 is 17.9 Å². The third kappa shape index (κ3) is 5.44. The summed E-state index contributed by atoms with van der Waals surface area (Å²) in [5.41, 5.74) is 0.728. The van der Waals surface area contributed by atoms with Gasteiger partial charge in [0.15, 0.2) is 0 Å². The lowest BCUT2D eigenvalue weighted by molar-refractivity contribution is -0.148. The van der Waals surface area contributed by atoms with Gasteiger partial charge in [-0.3, -0.25) is 0 Å². The molecule has 0 saturated heterocycles. The van der Waals surface area contributed by atoms with Crippen molar-refractivity contribution in [2.75, 3.05) is 11.0 Å². The molecule has 1 aromatic rings. The van der Waals surface area contributed by atoms with Gasteiger partial charge in [-0.2, -0.15) is 13.2 Å². The Kier molecular flexibility index (Phi) is 6.02. The molecule has 1 rings (SSSR count). The summed E-state index contributed by atoms with van der Waals surface area (Å²) in [5, 5.41) is 0.515. The normalized spacial score (nSPS) is 13.7. The molecular weight excluding hydrogens is 367 g/mol. The van der Waals surface area contributed by atoms with Crippen LogP contribution in [0.5, 0.6) is 0 Å². The highest BCUT2D eigenvalue weighted by molar-refractivity contribution is 14.1. The lowest BCUT2D eigenvalue weighted by Crippen LogP contribution is -2.14. The van der Waals surface area contributed by atoms with Gasteiger partial charge in [-0.1, -0.05) is 52.4 Å². The molecule has 0 amide bonds. The molecule has 6 heteroatoms. The zero-order valence-electron chi connectivity index (χ0n) is 8.81. The minimum Gasteiger partial charge on any atom is -0.372 e. The van der Waals surface area contributed by atoms with Gasteiger partial charge in [0, 0.05) is 15.0 Å². The van der Waals surface area contributed by atoms with Crippen LogP contribution in [-0.2, 0) is 4.74 Å². The highest BCUT2D eigenvalue weighted by Gasteiger charge is 2.27. The van der Waals surface area contributed by atoms with Crippen LogP contribution in [0.1, 0.15) is 18.1 Å². The fourth-order valence-electron chi connectivity index (χ4n) is 1.27. The SMILES string of the molecule is FC(F)(F)CCOC(CI)c1ccccc1Cl. The van der Waals surface area contributed by atoms with Crippen LogP contribution >= 0.6 is 34.2 Å². The first-order valence-electron chi connectivity index (χ1n) is 4.93. The molecule has 0 aromatic heterocycles. The van der Waals surface area contributed by atoms with Crippen LogP contribution in [0.4, 0.5) is 13.2 Å². The van der Waals surface area contributed by atoms with Crippen molar-refractivity contribution in [3.63, 3.8) is 0 Å². The van der Waals surface area contributed by atoms with Crippen molar-refractivity contribution >= 4 is 34.2 Å². The smallest absolute Gasteiger partial charge is 0.372 e. The fourth-order valence-corrected chi connectivity index (χ4v) is 2.26. The summed E-state index contributed by atoms with van der Waals surface area (Å²) in [4.78, 5) is 0. The summed E-state index contributed by atoms with van der Waals surface area (Å²) < 4.78 is 41.7. The summed E-state index contributed by atoms with van der Waals surface area (Å²) in [5.74, 6) is 0. The van der Waals surface area contributed by atoms with Crippen molar-refractivity contribution in [3.8, 4) is 0 Å². The van der Waals surface area contributed by atoms with Crippen molar-refractivity contribution in [3.05, 3.63) is 34.9 Å². The van der Waals surface area contributed by atoms with Crippen LogP contribution in [-0.4, -0.2) is 17.2 Å². The van der Waals surface area contributed by atoms with Crippen LogP contribution in [0.25, 0.3) is 0 Å². The van der Waals surface area contributed by atoms with E-state index in [1.807, 2.05) is 0 Å². The highest BCUT2D eigenvalue weighted by atomic mass is 127. The first-order valence-corrected chi connectivity index (χ1v) is 6.83. The standard InChI is InChI=1S/C11H11ClF3IO/c12-9-4-2-1-3-8(9)10(7-16)17-6-5-11(13,14)15/h1-4,10H,5-7H2. The quantitative estimate of drug-likeness (QED) is 0.529. The zero-order valence-corrected chi connectivity index (χ0v) is 11.7. The molecule has 0 aliphatic rings. The monoisotopic (exact) mass is 378 g/mol. The number of halogens is 5. The van der Waals surface area contributed by atoms with E-state index in [1.54, 1.807) is 24.3 Å². The molecule has 0 aliphatic heterocycles. The number of hydrogen-bond acceptors (Lipinski definition) is 1. The van der Waals surface area contributed by atoms with Crippen molar-refractivity contribution in [2.24, 2.45) is 0 Å². The first-order chi connectivity index (χ1) is 7.94. The molecule has 1 aromatic carbocycles. The average molecular weight is 379 g/mol. The van der Waals surface area contributed by atoms with Crippen LogP contribution in [0.2, 0.25) is 5.02 Å². The van der Waals surface area contributed by atoms with E-state index in [1.165, 1.54) is 0 Å². The van der Waals surface area contributed by atoms with Gasteiger partial charge in [0.1, 0.15) is 0 Å². The Morgan fingerprint density at radius 1 is 1.29 bits per heavy atom. The second-order valence-electron chi connectivity index (χ2n) is 3.40.